The summed E-state index contributed by atoms with van der Waals surface area (Å²) in [5.41, 5.74) is 2.27. The highest BCUT2D eigenvalue weighted by Crippen LogP contribution is 2.11. The van der Waals surface area contributed by atoms with Crippen molar-refractivity contribution in [2.24, 2.45) is 12.0 Å². The van der Waals surface area contributed by atoms with Crippen molar-refractivity contribution >= 4 is 17.0 Å². The van der Waals surface area contributed by atoms with Gasteiger partial charge in [0.2, 0.25) is 0 Å². The van der Waals surface area contributed by atoms with Gasteiger partial charge in [-0.05, 0) is 19.1 Å². The summed E-state index contributed by atoms with van der Waals surface area (Å²) in [6.07, 6.45) is 2.01. The molecule has 0 radical (unpaired) electrons. The molecule has 0 aliphatic rings. The van der Waals surface area contributed by atoms with E-state index in [2.05, 4.69) is 24.0 Å². The van der Waals surface area contributed by atoms with Crippen LogP contribution in [0.15, 0.2) is 40.8 Å². The standard InChI is InChI=1S/C11H12N2S/c1-9-3-5-10(6-4-9)12-11-13(2)7-8-14-11/h3-8H,1-2H3. The summed E-state index contributed by atoms with van der Waals surface area (Å²) in [5.74, 6) is 0. The zero-order chi connectivity index (χ0) is 9.97. The van der Waals surface area contributed by atoms with E-state index in [1.54, 1.807) is 11.3 Å². The third-order valence-corrected chi connectivity index (χ3v) is 2.87. The molecule has 0 atom stereocenters. The average molecular weight is 204 g/mol. The van der Waals surface area contributed by atoms with Gasteiger partial charge in [0.1, 0.15) is 0 Å². The minimum atomic E-state index is 1.01. The molecule has 2 aromatic rings. The second-order valence-corrected chi connectivity index (χ2v) is 4.12. The molecule has 0 saturated carbocycles. The summed E-state index contributed by atoms with van der Waals surface area (Å²) in [4.78, 5) is 5.55. The lowest BCUT2D eigenvalue weighted by Gasteiger charge is -1.94. The molecular weight excluding hydrogens is 192 g/mol. The molecule has 72 valence electrons. The molecule has 3 heteroatoms. The van der Waals surface area contributed by atoms with Crippen LogP contribution >= 0.6 is 11.3 Å². The molecule has 2 rings (SSSR count). The summed E-state index contributed by atoms with van der Waals surface area (Å²) in [5, 5.41) is 2.03. The van der Waals surface area contributed by atoms with E-state index in [4.69, 9.17) is 0 Å². The molecule has 0 spiro atoms. The van der Waals surface area contributed by atoms with Crippen molar-refractivity contribution in [3.8, 4) is 0 Å². The molecule has 1 heterocycles. The van der Waals surface area contributed by atoms with Crippen LogP contribution in [0.25, 0.3) is 0 Å². The number of hydrogen-bond donors (Lipinski definition) is 0. The Labute approximate surface area is 87.2 Å². The number of nitrogens with zero attached hydrogens (tertiary/aromatic N) is 2. The molecule has 14 heavy (non-hydrogen) atoms. The van der Waals surface area contributed by atoms with E-state index < -0.39 is 0 Å². The smallest absolute Gasteiger partial charge is 0.189 e. The largest absolute Gasteiger partial charge is 0.327 e. The molecular formula is C11H12N2S. The second-order valence-electron chi connectivity index (χ2n) is 3.24. The van der Waals surface area contributed by atoms with E-state index in [9.17, 15) is 0 Å². The number of hydrogen-bond acceptors (Lipinski definition) is 2. The number of aryl methyl sites for hydroxylation is 2. The van der Waals surface area contributed by atoms with E-state index in [1.807, 2.05) is 35.3 Å². The quantitative estimate of drug-likeness (QED) is 0.679. The first-order chi connectivity index (χ1) is 6.75. The normalized spacial score (nSPS) is 12.0. The maximum absolute atomic E-state index is 4.52. The summed E-state index contributed by atoms with van der Waals surface area (Å²) in [6, 6.07) is 8.23. The Morgan fingerprint density at radius 2 is 1.93 bits per heavy atom. The lowest BCUT2D eigenvalue weighted by atomic mass is 10.2. The lowest BCUT2D eigenvalue weighted by molar-refractivity contribution is 0.874. The molecule has 0 amide bonds. The van der Waals surface area contributed by atoms with Crippen molar-refractivity contribution in [2.75, 3.05) is 0 Å². The van der Waals surface area contributed by atoms with Crippen LogP contribution < -0.4 is 4.80 Å². The molecule has 0 saturated heterocycles. The van der Waals surface area contributed by atoms with Crippen LogP contribution in [0.3, 0.4) is 0 Å². The Hall–Kier alpha value is -1.35. The van der Waals surface area contributed by atoms with Gasteiger partial charge in [0, 0.05) is 18.6 Å². The minimum absolute atomic E-state index is 1.01. The molecule has 1 aromatic carbocycles. The highest BCUT2D eigenvalue weighted by Gasteiger charge is 1.90. The van der Waals surface area contributed by atoms with E-state index in [0.29, 0.717) is 0 Å². The third-order valence-electron chi connectivity index (χ3n) is 2.02. The first-order valence-electron chi connectivity index (χ1n) is 4.47. The van der Waals surface area contributed by atoms with Gasteiger partial charge in [-0.2, -0.15) is 0 Å². The number of benzene rings is 1. The van der Waals surface area contributed by atoms with Crippen molar-refractivity contribution < 1.29 is 0 Å². The monoisotopic (exact) mass is 204 g/mol. The van der Waals surface area contributed by atoms with Crippen LogP contribution in [0.2, 0.25) is 0 Å². The Bertz CT molecular complexity index is 476. The lowest BCUT2D eigenvalue weighted by Crippen LogP contribution is -2.07. The molecule has 0 unspecified atom stereocenters. The van der Waals surface area contributed by atoms with Crippen molar-refractivity contribution in [1.82, 2.24) is 4.57 Å². The zero-order valence-corrected chi connectivity index (χ0v) is 9.08. The van der Waals surface area contributed by atoms with Gasteiger partial charge in [0.05, 0.1) is 5.69 Å². The Morgan fingerprint density at radius 1 is 1.21 bits per heavy atom. The number of aromatic nitrogens is 1. The van der Waals surface area contributed by atoms with Gasteiger partial charge in [-0.1, -0.05) is 17.7 Å². The topological polar surface area (TPSA) is 17.3 Å². The molecule has 0 aliphatic carbocycles. The maximum Gasteiger partial charge on any atom is 0.189 e. The fourth-order valence-corrected chi connectivity index (χ4v) is 1.91. The van der Waals surface area contributed by atoms with Crippen LogP contribution in [0.1, 0.15) is 5.56 Å². The SMILES string of the molecule is Cc1ccc(N=c2sccn2C)cc1. The first kappa shape index (κ1) is 9.21. The van der Waals surface area contributed by atoms with Crippen LogP contribution in [-0.4, -0.2) is 4.57 Å². The van der Waals surface area contributed by atoms with Gasteiger partial charge in [0.25, 0.3) is 0 Å². The molecule has 2 nitrogen and oxygen atoms in total. The van der Waals surface area contributed by atoms with Gasteiger partial charge in [0.15, 0.2) is 4.80 Å². The van der Waals surface area contributed by atoms with Crippen molar-refractivity contribution in [2.45, 2.75) is 6.92 Å². The van der Waals surface area contributed by atoms with Gasteiger partial charge >= 0.3 is 0 Å². The first-order valence-corrected chi connectivity index (χ1v) is 5.35. The molecule has 0 aliphatic heterocycles. The zero-order valence-electron chi connectivity index (χ0n) is 8.27. The van der Waals surface area contributed by atoms with E-state index >= 15 is 0 Å². The Balaban J connectivity index is 2.44. The summed E-state index contributed by atoms with van der Waals surface area (Å²) < 4.78 is 2.02. The minimum Gasteiger partial charge on any atom is -0.327 e. The van der Waals surface area contributed by atoms with Crippen LogP contribution in [-0.2, 0) is 7.05 Å². The van der Waals surface area contributed by atoms with Crippen LogP contribution in [0, 0.1) is 6.92 Å². The van der Waals surface area contributed by atoms with E-state index in [1.165, 1.54) is 5.56 Å². The fourth-order valence-electron chi connectivity index (χ4n) is 1.16. The number of rotatable bonds is 1. The average Bonchev–Trinajstić information content (AvgIpc) is 2.56. The van der Waals surface area contributed by atoms with Crippen molar-refractivity contribution in [1.29, 1.82) is 0 Å². The predicted molar refractivity (Wildman–Crippen MR) is 59.7 cm³/mol. The van der Waals surface area contributed by atoms with E-state index in [0.717, 1.165) is 10.5 Å². The highest BCUT2D eigenvalue weighted by atomic mass is 32.1. The Morgan fingerprint density at radius 3 is 2.50 bits per heavy atom. The molecule has 0 N–H and O–H groups in total. The van der Waals surface area contributed by atoms with Gasteiger partial charge < -0.3 is 4.57 Å². The fraction of sp³-hybridized carbons (Fsp3) is 0.182. The second kappa shape index (κ2) is 3.80. The van der Waals surface area contributed by atoms with Crippen molar-refractivity contribution in [3.63, 3.8) is 0 Å². The third kappa shape index (κ3) is 1.93. The summed E-state index contributed by atoms with van der Waals surface area (Å²) in [7, 11) is 2.00. The predicted octanol–water partition coefficient (Wildman–Crippen LogP) is 2.63. The van der Waals surface area contributed by atoms with Gasteiger partial charge in [-0.25, -0.2) is 4.99 Å². The number of thiazole rings is 1. The molecule has 0 fully saturated rings. The summed E-state index contributed by atoms with van der Waals surface area (Å²) >= 11 is 1.64. The maximum atomic E-state index is 4.52. The van der Waals surface area contributed by atoms with Crippen molar-refractivity contribution in [3.05, 3.63) is 46.2 Å². The molecule has 0 bridgehead atoms. The van der Waals surface area contributed by atoms with Gasteiger partial charge in [-0.3, -0.25) is 0 Å². The highest BCUT2D eigenvalue weighted by molar-refractivity contribution is 7.07. The van der Waals surface area contributed by atoms with Crippen LogP contribution in [0.4, 0.5) is 5.69 Å². The van der Waals surface area contributed by atoms with E-state index in [-0.39, 0.29) is 0 Å². The molecule has 1 aromatic heterocycles. The van der Waals surface area contributed by atoms with Gasteiger partial charge in [-0.15, -0.1) is 11.3 Å². The van der Waals surface area contributed by atoms with Crippen LogP contribution in [0.5, 0.6) is 0 Å². The Kier molecular flexibility index (Phi) is 2.50. The summed E-state index contributed by atoms with van der Waals surface area (Å²) in [6.45, 7) is 2.08.